The van der Waals surface area contributed by atoms with Crippen molar-refractivity contribution < 1.29 is 0 Å². The first kappa shape index (κ1) is 11.9. The van der Waals surface area contributed by atoms with E-state index in [9.17, 15) is 0 Å². The van der Waals surface area contributed by atoms with Crippen molar-refractivity contribution in [3.05, 3.63) is 59.8 Å². The highest BCUT2D eigenvalue weighted by Gasteiger charge is 2.09. The summed E-state index contributed by atoms with van der Waals surface area (Å²) in [5.74, 6) is 1.37. The van der Waals surface area contributed by atoms with Crippen molar-refractivity contribution in [3.8, 4) is 0 Å². The van der Waals surface area contributed by atoms with Gasteiger partial charge in [0, 0.05) is 12.1 Å². The second-order valence-corrected chi connectivity index (χ2v) is 4.29. The number of alkyl halides is 1. The van der Waals surface area contributed by atoms with Crippen LogP contribution >= 0.6 is 11.6 Å². The van der Waals surface area contributed by atoms with E-state index < -0.39 is 0 Å². The number of hydrogen-bond donors (Lipinski definition) is 1. The molecular formula is C14H15ClN2. The zero-order valence-electron chi connectivity index (χ0n) is 9.73. The Balaban J connectivity index is 2.13. The van der Waals surface area contributed by atoms with E-state index in [0.29, 0.717) is 5.88 Å². The first-order valence-electron chi connectivity index (χ1n) is 5.59. The topological polar surface area (TPSA) is 24.9 Å². The summed E-state index contributed by atoms with van der Waals surface area (Å²) >= 11 is 5.99. The van der Waals surface area contributed by atoms with Crippen LogP contribution in [-0.4, -0.2) is 10.9 Å². The summed E-state index contributed by atoms with van der Waals surface area (Å²) in [5, 5.41) is 3.33. The van der Waals surface area contributed by atoms with Gasteiger partial charge < -0.3 is 5.32 Å². The zero-order valence-corrected chi connectivity index (χ0v) is 10.5. The molecule has 0 aliphatic rings. The van der Waals surface area contributed by atoms with Crippen LogP contribution in [0.4, 0.5) is 5.82 Å². The lowest BCUT2D eigenvalue weighted by atomic mass is 10.1. The lowest BCUT2D eigenvalue weighted by Crippen LogP contribution is -2.13. The molecule has 0 bridgehead atoms. The first-order valence-corrected chi connectivity index (χ1v) is 6.13. The molecule has 2 nitrogen and oxygen atoms in total. The van der Waals surface area contributed by atoms with Crippen LogP contribution in [0.3, 0.4) is 0 Å². The smallest absolute Gasteiger partial charge is 0.126 e. The zero-order chi connectivity index (χ0) is 12.1. The van der Waals surface area contributed by atoms with Crippen LogP contribution in [0.2, 0.25) is 0 Å². The predicted molar refractivity (Wildman–Crippen MR) is 72.5 cm³/mol. The summed E-state index contributed by atoms with van der Waals surface area (Å²) in [6.45, 7) is 2.02. The Morgan fingerprint density at radius 1 is 1.18 bits per heavy atom. The fourth-order valence-electron chi connectivity index (χ4n) is 1.63. The van der Waals surface area contributed by atoms with Crippen LogP contribution in [0.5, 0.6) is 0 Å². The maximum atomic E-state index is 5.99. The summed E-state index contributed by atoms with van der Waals surface area (Å²) in [4.78, 5) is 4.32. The lowest BCUT2D eigenvalue weighted by molar-refractivity contribution is 0.882. The second-order valence-electron chi connectivity index (χ2n) is 3.98. The number of pyridine rings is 1. The normalized spacial score (nSPS) is 12.1. The van der Waals surface area contributed by atoms with E-state index in [0.717, 1.165) is 11.4 Å². The van der Waals surface area contributed by atoms with E-state index in [1.54, 1.807) is 0 Å². The average Bonchev–Trinajstić information content (AvgIpc) is 2.39. The largest absolute Gasteiger partial charge is 0.362 e. The second kappa shape index (κ2) is 5.69. The van der Waals surface area contributed by atoms with Gasteiger partial charge in [-0.15, -0.1) is 11.6 Å². The van der Waals surface area contributed by atoms with Crippen molar-refractivity contribution in [1.82, 2.24) is 4.98 Å². The summed E-state index contributed by atoms with van der Waals surface area (Å²) in [5.41, 5.74) is 2.32. The molecule has 1 heterocycles. The average molecular weight is 247 g/mol. The third-order valence-electron chi connectivity index (χ3n) is 2.59. The molecule has 3 heteroatoms. The van der Waals surface area contributed by atoms with Crippen LogP contribution in [0.1, 0.15) is 17.2 Å². The molecule has 17 heavy (non-hydrogen) atoms. The molecule has 1 N–H and O–H groups in total. The van der Waals surface area contributed by atoms with Gasteiger partial charge in [-0.1, -0.05) is 36.4 Å². The van der Waals surface area contributed by atoms with Gasteiger partial charge in [0.1, 0.15) is 5.82 Å². The van der Waals surface area contributed by atoms with Gasteiger partial charge in [-0.05, 0) is 24.1 Å². The Labute approximate surface area is 107 Å². The van der Waals surface area contributed by atoms with E-state index >= 15 is 0 Å². The minimum Gasteiger partial charge on any atom is -0.362 e. The first-order chi connectivity index (χ1) is 8.29. The molecule has 0 fully saturated rings. The van der Waals surface area contributed by atoms with Gasteiger partial charge in [-0.2, -0.15) is 0 Å². The maximum Gasteiger partial charge on any atom is 0.126 e. The minimum atomic E-state index is 0.0908. The standard InChI is InChI=1S/C14H15ClN2/c1-11-7-8-14(16-10-11)17-13(9-15)12-5-3-2-4-6-12/h2-8,10,13H,9H2,1H3,(H,16,17). The molecular weight excluding hydrogens is 232 g/mol. The third-order valence-corrected chi connectivity index (χ3v) is 2.90. The molecule has 0 amide bonds. The number of anilines is 1. The molecule has 0 aliphatic carbocycles. The number of aromatic nitrogens is 1. The van der Waals surface area contributed by atoms with Gasteiger partial charge in [0.15, 0.2) is 0 Å². The molecule has 0 aliphatic heterocycles. The number of rotatable bonds is 4. The Morgan fingerprint density at radius 3 is 2.53 bits per heavy atom. The number of aryl methyl sites for hydroxylation is 1. The summed E-state index contributed by atoms with van der Waals surface area (Å²) in [6, 6.07) is 14.2. The number of benzene rings is 1. The van der Waals surface area contributed by atoms with Crippen molar-refractivity contribution in [2.45, 2.75) is 13.0 Å². The van der Waals surface area contributed by atoms with Gasteiger partial charge in [0.2, 0.25) is 0 Å². The number of nitrogens with one attached hydrogen (secondary N) is 1. The Hall–Kier alpha value is -1.54. The van der Waals surface area contributed by atoms with Crippen molar-refractivity contribution in [2.75, 3.05) is 11.2 Å². The molecule has 0 radical (unpaired) electrons. The Kier molecular flexibility index (Phi) is 3.99. The number of hydrogen-bond acceptors (Lipinski definition) is 2. The molecule has 0 saturated heterocycles. The summed E-state index contributed by atoms with van der Waals surface area (Å²) in [7, 11) is 0. The van der Waals surface area contributed by atoms with Crippen molar-refractivity contribution in [3.63, 3.8) is 0 Å². The van der Waals surface area contributed by atoms with E-state index in [4.69, 9.17) is 11.6 Å². The van der Waals surface area contributed by atoms with E-state index in [1.807, 2.05) is 43.5 Å². The van der Waals surface area contributed by atoms with E-state index in [-0.39, 0.29) is 6.04 Å². The van der Waals surface area contributed by atoms with Crippen LogP contribution in [-0.2, 0) is 0 Å². The summed E-state index contributed by atoms with van der Waals surface area (Å²) < 4.78 is 0. The van der Waals surface area contributed by atoms with E-state index in [2.05, 4.69) is 22.4 Å². The number of nitrogens with zero attached hydrogens (tertiary/aromatic N) is 1. The van der Waals surface area contributed by atoms with Crippen LogP contribution in [0, 0.1) is 6.92 Å². The predicted octanol–water partition coefficient (Wildman–Crippen LogP) is 3.78. The molecule has 0 saturated carbocycles. The highest BCUT2D eigenvalue weighted by atomic mass is 35.5. The molecule has 0 spiro atoms. The fourth-order valence-corrected chi connectivity index (χ4v) is 1.88. The third kappa shape index (κ3) is 3.21. The van der Waals surface area contributed by atoms with Crippen molar-refractivity contribution in [1.29, 1.82) is 0 Å². The summed E-state index contributed by atoms with van der Waals surface area (Å²) in [6.07, 6.45) is 1.85. The van der Waals surface area contributed by atoms with Crippen molar-refractivity contribution >= 4 is 17.4 Å². The fraction of sp³-hybridized carbons (Fsp3) is 0.214. The van der Waals surface area contributed by atoms with Gasteiger partial charge in [0.05, 0.1) is 6.04 Å². The van der Waals surface area contributed by atoms with E-state index in [1.165, 1.54) is 5.56 Å². The molecule has 2 rings (SSSR count). The quantitative estimate of drug-likeness (QED) is 0.831. The van der Waals surface area contributed by atoms with Gasteiger partial charge >= 0.3 is 0 Å². The maximum absolute atomic E-state index is 5.99. The Morgan fingerprint density at radius 2 is 1.94 bits per heavy atom. The molecule has 1 atom stereocenters. The highest BCUT2D eigenvalue weighted by Crippen LogP contribution is 2.19. The van der Waals surface area contributed by atoms with Crippen LogP contribution in [0.25, 0.3) is 0 Å². The molecule has 1 aromatic carbocycles. The van der Waals surface area contributed by atoms with Crippen molar-refractivity contribution in [2.24, 2.45) is 0 Å². The highest BCUT2D eigenvalue weighted by molar-refractivity contribution is 6.18. The van der Waals surface area contributed by atoms with Gasteiger partial charge in [0.25, 0.3) is 0 Å². The van der Waals surface area contributed by atoms with Crippen LogP contribution < -0.4 is 5.32 Å². The molecule has 2 aromatic rings. The van der Waals surface area contributed by atoms with Gasteiger partial charge in [-0.3, -0.25) is 0 Å². The van der Waals surface area contributed by atoms with Crippen LogP contribution in [0.15, 0.2) is 48.7 Å². The molecule has 88 valence electrons. The minimum absolute atomic E-state index is 0.0908. The number of halogens is 1. The lowest BCUT2D eigenvalue weighted by Gasteiger charge is -2.17. The van der Waals surface area contributed by atoms with Gasteiger partial charge in [-0.25, -0.2) is 4.98 Å². The molecule has 1 unspecified atom stereocenters. The molecule has 1 aromatic heterocycles. The Bertz CT molecular complexity index is 453. The SMILES string of the molecule is Cc1ccc(NC(CCl)c2ccccc2)nc1. The monoisotopic (exact) mass is 246 g/mol.